The fraction of sp³-hybridized carbons (Fsp3) is 0.481. The van der Waals surface area contributed by atoms with Crippen LogP contribution in [-0.4, -0.2) is 59.6 Å². The molecule has 0 N–H and O–H groups in total. The van der Waals surface area contributed by atoms with Crippen LogP contribution >= 0.6 is 11.8 Å². The largest absolute Gasteiger partial charge is 0.466 e. The van der Waals surface area contributed by atoms with Gasteiger partial charge in [0.05, 0.1) is 43.4 Å². The Morgan fingerprint density at radius 2 is 1.92 bits per heavy atom. The predicted molar refractivity (Wildman–Crippen MR) is 139 cm³/mol. The normalized spacial score (nSPS) is 21.6. The number of hydrogen-bond donors (Lipinski definition) is 0. The van der Waals surface area contributed by atoms with Gasteiger partial charge in [0.1, 0.15) is 0 Å². The molecular formula is C27H33N3O5S. The van der Waals surface area contributed by atoms with Crippen molar-refractivity contribution < 1.29 is 23.9 Å². The van der Waals surface area contributed by atoms with Gasteiger partial charge < -0.3 is 19.3 Å². The van der Waals surface area contributed by atoms with E-state index in [1.165, 1.54) is 18.9 Å². The number of aryl methyl sites for hydroxylation is 1. The number of nitrogens with zero attached hydrogens (tertiary/aromatic N) is 3. The van der Waals surface area contributed by atoms with Crippen LogP contribution in [0.15, 0.2) is 51.6 Å². The third kappa shape index (κ3) is 5.21. The molecule has 0 saturated carbocycles. The average molecular weight is 512 g/mol. The molecule has 1 saturated heterocycles. The Morgan fingerprint density at radius 3 is 2.58 bits per heavy atom. The van der Waals surface area contributed by atoms with Crippen molar-refractivity contribution in [1.29, 1.82) is 0 Å². The Bertz CT molecular complexity index is 1120. The smallest absolute Gasteiger partial charge is 0.338 e. The van der Waals surface area contributed by atoms with E-state index in [0.717, 1.165) is 34.8 Å². The van der Waals surface area contributed by atoms with E-state index in [0.29, 0.717) is 37.4 Å². The number of carbonyl (C=O) groups excluding carboxylic acids is 3. The highest BCUT2D eigenvalue weighted by Crippen LogP contribution is 2.45. The molecule has 3 aliphatic heterocycles. The maximum absolute atomic E-state index is 13.4. The number of amidine groups is 1. The van der Waals surface area contributed by atoms with E-state index in [-0.39, 0.29) is 24.2 Å². The summed E-state index contributed by atoms with van der Waals surface area (Å²) in [6.45, 7) is 7.10. The molecule has 2 atom stereocenters. The molecule has 3 heterocycles. The third-order valence-corrected chi connectivity index (χ3v) is 7.64. The number of ether oxygens (including phenoxy) is 2. The minimum atomic E-state index is -0.441. The summed E-state index contributed by atoms with van der Waals surface area (Å²) < 4.78 is 10.4. The predicted octanol–water partition coefficient (Wildman–Crippen LogP) is 4.32. The fourth-order valence-corrected chi connectivity index (χ4v) is 5.84. The molecule has 36 heavy (non-hydrogen) atoms. The van der Waals surface area contributed by atoms with Gasteiger partial charge in [0.25, 0.3) is 0 Å². The summed E-state index contributed by atoms with van der Waals surface area (Å²) in [4.78, 5) is 47.2. The monoisotopic (exact) mass is 511 g/mol. The maximum atomic E-state index is 13.4. The lowest BCUT2D eigenvalue weighted by molar-refractivity contribution is -0.151. The molecule has 0 bridgehead atoms. The summed E-state index contributed by atoms with van der Waals surface area (Å²) in [7, 11) is 1.38. The van der Waals surface area contributed by atoms with Gasteiger partial charge in [0.15, 0.2) is 5.17 Å². The molecule has 9 heteroatoms. The summed E-state index contributed by atoms with van der Waals surface area (Å²) in [5.41, 5.74) is 4.02. The van der Waals surface area contributed by atoms with Gasteiger partial charge in [-0.2, -0.15) is 0 Å². The minimum Gasteiger partial charge on any atom is -0.466 e. The Labute approximate surface area is 216 Å². The topological polar surface area (TPSA) is 88.5 Å². The second-order valence-corrected chi connectivity index (χ2v) is 9.95. The van der Waals surface area contributed by atoms with Gasteiger partial charge in [0.2, 0.25) is 5.91 Å². The molecule has 3 aliphatic rings. The molecular weight excluding hydrogens is 478 g/mol. The highest BCUT2D eigenvalue weighted by molar-refractivity contribution is 8.16. The van der Waals surface area contributed by atoms with Crippen LogP contribution in [0.3, 0.4) is 0 Å². The zero-order valence-electron chi connectivity index (χ0n) is 21.3. The van der Waals surface area contributed by atoms with Crippen LogP contribution in [0.1, 0.15) is 56.7 Å². The average Bonchev–Trinajstić information content (AvgIpc) is 3.29. The van der Waals surface area contributed by atoms with Crippen molar-refractivity contribution >= 4 is 34.8 Å². The number of allylic oxidation sites excluding steroid dienone is 1. The number of likely N-dealkylation sites (tertiary alicyclic amines) is 1. The molecule has 1 aromatic carbocycles. The van der Waals surface area contributed by atoms with E-state index < -0.39 is 12.0 Å². The molecule has 1 amide bonds. The second-order valence-electron chi connectivity index (χ2n) is 9.12. The number of benzene rings is 1. The summed E-state index contributed by atoms with van der Waals surface area (Å²) in [6.07, 6.45) is 2.23. The van der Waals surface area contributed by atoms with Crippen LogP contribution in [-0.2, 0) is 23.9 Å². The highest BCUT2D eigenvalue weighted by atomic mass is 32.2. The van der Waals surface area contributed by atoms with Crippen LogP contribution in [0, 0.1) is 12.8 Å². The SMILES string of the molecule is CCOC(=O)[C@H]1CCCN(C(=O)CC2=CSC3=NC(CC)=C(C(=O)OC)[C@@H](c4ccc(C)cc4)N23)C1. The first-order chi connectivity index (χ1) is 17.4. The van der Waals surface area contributed by atoms with Gasteiger partial charge in [-0.25, -0.2) is 9.79 Å². The number of methoxy groups -OCH3 is 1. The quantitative estimate of drug-likeness (QED) is 0.504. The number of carbonyl (C=O) groups is 3. The van der Waals surface area contributed by atoms with E-state index in [2.05, 4.69) is 0 Å². The number of rotatable bonds is 7. The third-order valence-electron chi connectivity index (χ3n) is 6.75. The van der Waals surface area contributed by atoms with Crippen molar-refractivity contribution in [2.24, 2.45) is 10.9 Å². The van der Waals surface area contributed by atoms with Crippen molar-refractivity contribution in [2.75, 3.05) is 26.8 Å². The molecule has 192 valence electrons. The van der Waals surface area contributed by atoms with Crippen LogP contribution < -0.4 is 0 Å². The van der Waals surface area contributed by atoms with Crippen LogP contribution in [0.5, 0.6) is 0 Å². The van der Waals surface area contributed by atoms with Crippen LogP contribution in [0.2, 0.25) is 0 Å². The highest BCUT2D eigenvalue weighted by Gasteiger charge is 2.42. The first-order valence-electron chi connectivity index (χ1n) is 12.4. The van der Waals surface area contributed by atoms with Crippen LogP contribution in [0.25, 0.3) is 0 Å². The lowest BCUT2D eigenvalue weighted by Gasteiger charge is -2.37. The van der Waals surface area contributed by atoms with Gasteiger partial charge in [-0.3, -0.25) is 9.59 Å². The second kappa shape index (κ2) is 11.3. The van der Waals surface area contributed by atoms with E-state index >= 15 is 0 Å². The number of aliphatic imine (C=N–C) groups is 1. The Balaban J connectivity index is 1.61. The first-order valence-corrected chi connectivity index (χ1v) is 13.3. The molecule has 4 rings (SSSR count). The van der Waals surface area contributed by atoms with E-state index in [1.54, 1.807) is 11.8 Å². The molecule has 8 nitrogen and oxygen atoms in total. The molecule has 0 spiro atoms. The van der Waals surface area contributed by atoms with Gasteiger partial charge in [-0.05, 0) is 44.1 Å². The molecule has 0 aromatic heterocycles. The molecule has 0 radical (unpaired) electrons. The Hall–Kier alpha value is -3.07. The number of amides is 1. The zero-order valence-corrected chi connectivity index (χ0v) is 22.1. The van der Waals surface area contributed by atoms with Crippen molar-refractivity contribution in [3.05, 3.63) is 57.8 Å². The lowest BCUT2D eigenvalue weighted by atomic mass is 9.92. The van der Waals surface area contributed by atoms with Gasteiger partial charge in [0, 0.05) is 18.8 Å². The summed E-state index contributed by atoms with van der Waals surface area (Å²) in [6, 6.07) is 7.61. The molecule has 0 aliphatic carbocycles. The van der Waals surface area contributed by atoms with Gasteiger partial charge in [-0.1, -0.05) is 48.5 Å². The number of thioether (sulfide) groups is 1. The summed E-state index contributed by atoms with van der Waals surface area (Å²) in [5, 5.41) is 2.69. The first kappa shape index (κ1) is 26.0. The van der Waals surface area contributed by atoms with Gasteiger partial charge in [-0.15, -0.1) is 0 Å². The Morgan fingerprint density at radius 1 is 1.17 bits per heavy atom. The number of esters is 2. The van der Waals surface area contributed by atoms with Crippen molar-refractivity contribution in [1.82, 2.24) is 9.80 Å². The zero-order chi connectivity index (χ0) is 25.8. The van der Waals surface area contributed by atoms with Crippen molar-refractivity contribution in [3.63, 3.8) is 0 Å². The summed E-state index contributed by atoms with van der Waals surface area (Å²) >= 11 is 1.46. The van der Waals surface area contributed by atoms with Crippen LogP contribution in [0.4, 0.5) is 0 Å². The standard InChI is InChI=1S/C27H33N3O5S/c1-5-21-23(26(33)34-4)24(18-11-9-17(3)10-12-18)30-20(16-36-27(30)28-21)14-22(31)29-13-7-8-19(15-29)25(32)35-6-2/h9-12,16,19,24H,5-8,13-15H2,1-4H3/t19-,24+/m0/s1. The van der Waals surface area contributed by atoms with Crippen molar-refractivity contribution in [3.8, 4) is 0 Å². The number of piperidine rings is 1. The Kier molecular flexibility index (Phi) is 8.18. The minimum absolute atomic E-state index is 0.0513. The molecule has 1 fully saturated rings. The van der Waals surface area contributed by atoms with E-state index in [1.807, 2.05) is 48.4 Å². The number of fused-ring (bicyclic) bond motifs is 1. The van der Waals surface area contributed by atoms with Crippen molar-refractivity contribution in [2.45, 2.75) is 52.5 Å². The molecule has 0 unspecified atom stereocenters. The molecule has 1 aromatic rings. The fourth-order valence-electron chi connectivity index (χ4n) is 4.90. The number of hydrogen-bond acceptors (Lipinski definition) is 8. The van der Waals surface area contributed by atoms with E-state index in [9.17, 15) is 14.4 Å². The van der Waals surface area contributed by atoms with Gasteiger partial charge >= 0.3 is 11.9 Å². The lowest BCUT2D eigenvalue weighted by Crippen LogP contribution is -2.44. The van der Waals surface area contributed by atoms with E-state index in [4.69, 9.17) is 14.5 Å². The maximum Gasteiger partial charge on any atom is 0.338 e. The summed E-state index contributed by atoms with van der Waals surface area (Å²) in [5.74, 6) is -1.00.